The molecule has 0 aromatic carbocycles. The van der Waals surface area contributed by atoms with Gasteiger partial charge in [-0.3, -0.25) is 4.40 Å². The summed E-state index contributed by atoms with van der Waals surface area (Å²) in [6.45, 7) is 0. The van der Waals surface area contributed by atoms with Gasteiger partial charge < -0.3 is 0 Å². The Labute approximate surface area is 86.6 Å². The number of aromatic nitrogens is 2. The van der Waals surface area contributed by atoms with Crippen LogP contribution in [0.15, 0.2) is 0 Å². The Kier molecular flexibility index (Phi) is 1.28. The number of imidazole rings is 1. The number of fused-ring (bicyclic) bond motifs is 5. The van der Waals surface area contributed by atoms with Crippen LogP contribution in [0.4, 0.5) is 0 Å². The van der Waals surface area contributed by atoms with E-state index in [9.17, 15) is 0 Å². The Balaban J connectivity index is 2.13. The largest absolute Gasteiger partial charge is 0.291 e. The second-order valence-corrected chi connectivity index (χ2v) is 5.36. The lowest BCUT2D eigenvalue weighted by Crippen LogP contribution is -1.93. The van der Waals surface area contributed by atoms with Crippen LogP contribution in [0.2, 0.25) is 0 Å². The smallest absolute Gasteiger partial charge is 0.194 e. The summed E-state index contributed by atoms with van der Waals surface area (Å²) >= 11 is 1.92. The molecule has 0 saturated carbocycles. The zero-order valence-corrected chi connectivity index (χ0v) is 8.86. The molecule has 0 spiro atoms. The lowest BCUT2D eigenvalue weighted by atomic mass is 10.3. The van der Waals surface area contributed by atoms with Crippen LogP contribution in [0.25, 0.3) is 4.96 Å². The summed E-state index contributed by atoms with van der Waals surface area (Å²) in [5.74, 6) is 0. The van der Waals surface area contributed by atoms with Crippen molar-refractivity contribution >= 4 is 16.3 Å². The van der Waals surface area contributed by atoms with Crippen LogP contribution in [0, 0.1) is 0 Å². The molecule has 0 radical (unpaired) electrons. The Morgan fingerprint density at radius 2 is 1.86 bits per heavy atom. The van der Waals surface area contributed by atoms with Crippen molar-refractivity contribution < 1.29 is 0 Å². The molecule has 2 nitrogen and oxygen atoms in total. The number of rotatable bonds is 0. The molecule has 2 aliphatic rings. The van der Waals surface area contributed by atoms with E-state index in [0.717, 1.165) is 0 Å². The highest BCUT2D eigenvalue weighted by Crippen LogP contribution is 2.35. The maximum Gasteiger partial charge on any atom is 0.194 e. The maximum atomic E-state index is 4.74. The molecule has 2 aliphatic carbocycles. The van der Waals surface area contributed by atoms with Crippen molar-refractivity contribution in [2.45, 2.75) is 38.5 Å². The number of aryl methyl sites for hydroxylation is 4. The van der Waals surface area contributed by atoms with E-state index in [4.69, 9.17) is 4.98 Å². The fourth-order valence-electron chi connectivity index (χ4n) is 2.86. The van der Waals surface area contributed by atoms with Crippen LogP contribution in [0.3, 0.4) is 0 Å². The molecule has 0 unspecified atom stereocenters. The first-order valence-corrected chi connectivity index (χ1v) is 6.26. The van der Waals surface area contributed by atoms with Crippen molar-refractivity contribution in [3.8, 4) is 0 Å². The second-order valence-electron chi connectivity index (χ2n) is 4.30. The molecule has 0 aliphatic heterocycles. The Hall–Kier alpha value is -0.830. The van der Waals surface area contributed by atoms with E-state index in [1.165, 1.54) is 54.9 Å². The van der Waals surface area contributed by atoms with Crippen molar-refractivity contribution in [1.29, 1.82) is 0 Å². The van der Waals surface area contributed by atoms with Gasteiger partial charge >= 0.3 is 0 Å². The monoisotopic (exact) mass is 204 g/mol. The van der Waals surface area contributed by atoms with E-state index < -0.39 is 0 Å². The van der Waals surface area contributed by atoms with Crippen LogP contribution in [-0.2, 0) is 25.7 Å². The van der Waals surface area contributed by atoms with E-state index in [1.54, 1.807) is 10.6 Å². The number of hydrogen-bond donors (Lipinski definition) is 0. The Bertz CT molecular complexity index is 477. The minimum Gasteiger partial charge on any atom is -0.291 e. The molecule has 0 N–H and O–H groups in total. The van der Waals surface area contributed by atoms with E-state index >= 15 is 0 Å². The third-order valence-electron chi connectivity index (χ3n) is 3.48. The van der Waals surface area contributed by atoms with Crippen LogP contribution in [-0.4, -0.2) is 9.38 Å². The molecule has 2 aromatic heterocycles. The molecule has 2 heterocycles. The molecule has 2 aromatic rings. The van der Waals surface area contributed by atoms with Gasteiger partial charge in [0.2, 0.25) is 0 Å². The highest BCUT2D eigenvalue weighted by atomic mass is 32.1. The zero-order valence-electron chi connectivity index (χ0n) is 8.05. The van der Waals surface area contributed by atoms with Crippen LogP contribution in [0.5, 0.6) is 0 Å². The summed E-state index contributed by atoms with van der Waals surface area (Å²) in [4.78, 5) is 7.60. The first-order valence-electron chi connectivity index (χ1n) is 5.44. The molecular formula is C11H12N2S. The van der Waals surface area contributed by atoms with Gasteiger partial charge in [-0.25, -0.2) is 4.98 Å². The lowest BCUT2D eigenvalue weighted by Gasteiger charge is -1.96. The predicted molar refractivity (Wildman–Crippen MR) is 57.1 cm³/mol. The summed E-state index contributed by atoms with van der Waals surface area (Å²) in [5.41, 5.74) is 4.49. The molecule has 72 valence electrons. The van der Waals surface area contributed by atoms with Gasteiger partial charge in [-0.05, 0) is 38.5 Å². The first kappa shape index (κ1) is 7.46. The molecule has 14 heavy (non-hydrogen) atoms. The van der Waals surface area contributed by atoms with Gasteiger partial charge in [-0.2, -0.15) is 0 Å². The van der Waals surface area contributed by atoms with Crippen LogP contribution >= 0.6 is 11.3 Å². The third-order valence-corrected chi connectivity index (χ3v) is 4.62. The van der Waals surface area contributed by atoms with Gasteiger partial charge in [-0.15, -0.1) is 11.3 Å². The van der Waals surface area contributed by atoms with Gasteiger partial charge in [0.15, 0.2) is 4.96 Å². The van der Waals surface area contributed by atoms with Gasteiger partial charge in [0.25, 0.3) is 0 Å². The third kappa shape index (κ3) is 0.753. The topological polar surface area (TPSA) is 17.3 Å². The van der Waals surface area contributed by atoms with Gasteiger partial charge in [-0.1, -0.05) is 0 Å². The summed E-state index contributed by atoms with van der Waals surface area (Å²) in [5, 5.41) is 0. The minimum absolute atomic E-state index is 1.21. The van der Waals surface area contributed by atoms with Crippen molar-refractivity contribution in [1.82, 2.24) is 9.38 Å². The van der Waals surface area contributed by atoms with Gasteiger partial charge in [0, 0.05) is 16.3 Å². The van der Waals surface area contributed by atoms with Crippen molar-refractivity contribution in [2.24, 2.45) is 0 Å². The SMILES string of the molecule is C1Cc2nc3sc4c(n3c2C1)CCC4. The number of thiazole rings is 1. The van der Waals surface area contributed by atoms with E-state index in [1.807, 2.05) is 11.3 Å². The van der Waals surface area contributed by atoms with Crippen molar-refractivity contribution in [3.05, 3.63) is 22.0 Å². The maximum absolute atomic E-state index is 4.74. The molecular weight excluding hydrogens is 192 g/mol. The highest BCUT2D eigenvalue weighted by molar-refractivity contribution is 7.17. The number of hydrogen-bond acceptors (Lipinski definition) is 2. The summed E-state index contributed by atoms with van der Waals surface area (Å²) < 4.78 is 2.47. The fourth-order valence-corrected chi connectivity index (χ4v) is 4.10. The average molecular weight is 204 g/mol. The van der Waals surface area contributed by atoms with E-state index in [0.29, 0.717) is 0 Å². The zero-order chi connectivity index (χ0) is 9.12. The summed E-state index contributed by atoms with van der Waals surface area (Å²) in [6, 6.07) is 0. The lowest BCUT2D eigenvalue weighted by molar-refractivity contribution is 0.845. The predicted octanol–water partition coefficient (Wildman–Crippen LogP) is 2.37. The fraction of sp³-hybridized carbons (Fsp3) is 0.545. The van der Waals surface area contributed by atoms with E-state index in [-0.39, 0.29) is 0 Å². The quantitative estimate of drug-likeness (QED) is 0.644. The van der Waals surface area contributed by atoms with Crippen LogP contribution in [0.1, 0.15) is 34.8 Å². The standard InChI is InChI=1S/C11H12N2S/c1-3-7-8(4-1)13-9-5-2-6-10(9)14-11(13)12-7/h1-6H2. The van der Waals surface area contributed by atoms with Gasteiger partial charge in [0.05, 0.1) is 5.69 Å². The Morgan fingerprint density at radius 3 is 2.86 bits per heavy atom. The second kappa shape index (κ2) is 2.40. The molecule has 0 saturated heterocycles. The normalized spacial score (nSPS) is 19.1. The number of nitrogens with zero attached hydrogens (tertiary/aromatic N) is 2. The van der Waals surface area contributed by atoms with E-state index in [2.05, 4.69) is 4.40 Å². The molecule has 4 rings (SSSR count). The molecule has 0 amide bonds. The summed E-state index contributed by atoms with van der Waals surface area (Å²) in [7, 11) is 0. The molecule has 0 bridgehead atoms. The highest BCUT2D eigenvalue weighted by Gasteiger charge is 2.25. The molecule has 0 atom stereocenters. The van der Waals surface area contributed by atoms with Gasteiger partial charge in [0.1, 0.15) is 0 Å². The average Bonchev–Trinajstić information content (AvgIpc) is 2.77. The first-order chi connectivity index (χ1) is 6.93. The molecule has 0 fully saturated rings. The van der Waals surface area contributed by atoms with Crippen LogP contribution < -0.4 is 0 Å². The minimum atomic E-state index is 1.21. The Morgan fingerprint density at radius 1 is 1.00 bits per heavy atom. The molecule has 3 heteroatoms. The summed E-state index contributed by atoms with van der Waals surface area (Å²) in [6.07, 6.45) is 7.68. The van der Waals surface area contributed by atoms with Crippen molar-refractivity contribution in [3.63, 3.8) is 0 Å². The van der Waals surface area contributed by atoms with Crippen molar-refractivity contribution in [2.75, 3.05) is 0 Å².